The highest BCUT2D eigenvalue weighted by Gasteiger charge is 2.31. The number of hydrogen-bond donors (Lipinski definition) is 1. The lowest BCUT2D eigenvalue weighted by Gasteiger charge is -2.13. The molecule has 0 spiro atoms. The summed E-state index contributed by atoms with van der Waals surface area (Å²) in [6.07, 6.45) is 14.1. The zero-order chi connectivity index (χ0) is 13.1. The Kier molecular flexibility index (Phi) is 3.69. The van der Waals surface area contributed by atoms with Gasteiger partial charge < -0.3 is 14.5 Å². The Labute approximate surface area is 114 Å². The van der Waals surface area contributed by atoms with E-state index in [0.717, 1.165) is 25.4 Å². The number of nitrogens with one attached hydrogen (secondary N) is 1. The molecule has 0 aromatic carbocycles. The number of imidazole rings is 1. The Morgan fingerprint density at radius 3 is 2.84 bits per heavy atom. The van der Waals surface area contributed by atoms with Gasteiger partial charge in [0.1, 0.15) is 0 Å². The van der Waals surface area contributed by atoms with E-state index in [0.29, 0.717) is 6.04 Å². The lowest BCUT2D eigenvalue weighted by atomic mass is 10.1. The van der Waals surface area contributed by atoms with Crippen molar-refractivity contribution in [1.29, 1.82) is 0 Å². The number of hydrogen-bond acceptors (Lipinski definition) is 2. The molecular formula is C15H22N4. The van der Waals surface area contributed by atoms with E-state index in [1.807, 2.05) is 18.7 Å². The first-order valence-corrected chi connectivity index (χ1v) is 7.15. The van der Waals surface area contributed by atoms with Crippen molar-refractivity contribution in [3.05, 3.63) is 42.7 Å². The van der Waals surface area contributed by atoms with E-state index in [9.17, 15) is 0 Å². The van der Waals surface area contributed by atoms with Crippen molar-refractivity contribution in [3.63, 3.8) is 0 Å². The standard InChI is InChI=1S/C15H22N4/c1-16-15(13-3-4-13)14-5-9-18(11-14)7-2-8-19-10-6-17-12-19/h5-6,9-13,15-16H,2-4,7-8H2,1H3. The van der Waals surface area contributed by atoms with Crippen LogP contribution in [0.3, 0.4) is 0 Å². The highest BCUT2D eigenvalue weighted by atomic mass is 15.0. The molecule has 0 amide bonds. The van der Waals surface area contributed by atoms with Crippen LogP contribution in [0.5, 0.6) is 0 Å². The predicted octanol–water partition coefficient (Wildman–Crippen LogP) is 2.45. The van der Waals surface area contributed by atoms with Crippen molar-refractivity contribution in [2.24, 2.45) is 5.92 Å². The Morgan fingerprint density at radius 1 is 1.32 bits per heavy atom. The maximum atomic E-state index is 4.06. The molecule has 4 heteroatoms. The molecule has 2 heterocycles. The molecule has 0 aliphatic heterocycles. The summed E-state index contributed by atoms with van der Waals surface area (Å²) in [5.41, 5.74) is 1.44. The van der Waals surface area contributed by atoms with Gasteiger partial charge in [-0.05, 0) is 43.9 Å². The Hall–Kier alpha value is -1.55. The van der Waals surface area contributed by atoms with Gasteiger partial charge in [-0.3, -0.25) is 0 Å². The van der Waals surface area contributed by atoms with E-state index in [1.54, 1.807) is 0 Å². The van der Waals surface area contributed by atoms with Crippen molar-refractivity contribution in [2.75, 3.05) is 7.05 Å². The third kappa shape index (κ3) is 3.07. The number of rotatable bonds is 7. The fourth-order valence-corrected chi connectivity index (χ4v) is 2.74. The van der Waals surface area contributed by atoms with E-state index in [4.69, 9.17) is 0 Å². The lowest BCUT2D eigenvalue weighted by Crippen LogP contribution is -2.17. The molecule has 1 N–H and O–H groups in total. The minimum atomic E-state index is 0.551. The van der Waals surface area contributed by atoms with Crippen molar-refractivity contribution >= 4 is 0 Å². The Morgan fingerprint density at radius 2 is 2.16 bits per heavy atom. The quantitative estimate of drug-likeness (QED) is 0.828. The molecule has 1 aliphatic rings. The zero-order valence-corrected chi connectivity index (χ0v) is 11.5. The second-order valence-corrected chi connectivity index (χ2v) is 5.44. The van der Waals surface area contributed by atoms with Crippen LogP contribution in [-0.4, -0.2) is 21.2 Å². The highest BCUT2D eigenvalue weighted by Crippen LogP contribution is 2.40. The van der Waals surface area contributed by atoms with Gasteiger partial charge >= 0.3 is 0 Å². The van der Waals surface area contributed by atoms with Crippen molar-refractivity contribution in [3.8, 4) is 0 Å². The van der Waals surface area contributed by atoms with Crippen LogP contribution in [-0.2, 0) is 13.1 Å². The molecule has 1 aliphatic carbocycles. The Balaban J connectivity index is 1.52. The maximum Gasteiger partial charge on any atom is 0.0945 e. The largest absolute Gasteiger partial charge is 0.354 e. The van der Waals surface area contributed by atoms with E-state index in [2.05, 4.69) is 44.9 Å². The average molecular weight is 258 g/mol. The molecule has 1 atom stereocenters. The number of aromatic nitrogens is 3. The van der Waals surface area contributed by atoms with Gasteiger partial charge in [0.2, 0.25) is 0 Å². The van der Waals surface area contributed by atoms with Crippen LogP contribution in [0.2, 0.25) is 0 Å². The smallest absolute Gasteiger partial charge is 0.0945 e. The average Bonchev–Trinajstić information content (AvgIpc) is 2.92. The van der Waals surface area contributed by atoms with Crippen LogP contribution in [0, 0.1) is 5.92 Å². The first-order valence-electron chi connectivity index (χ1n) is 7.15. The molecule has 1 saturated carbocycles. The molecular weight excluding hydrogens is 236 g/mol. The highest BCUT2D eigenvalue weighted by molar-refractivity contribution is 5.18. The third-order valence-corrected chi connectivity index (χ3v) is 3.93. The molecule has 2 aromatic rings. The minimum Gasteiger partial charge on any atom is -0.354 e. The van der Waals surface area contributed by atoms with Gasteiger partial charge in [-0.25, -0.2) is 4.98 Å². The Bertz CT molecular complexity index is 496. The summed E-state index contributed by atoms with van der Waals surface area (Å²) >= 11 is 0. The summed E-state index contributed by atoms with van der Waals surface area (Å²) in [6.45, 7) is 2.10. The zero-order valence-electron chi connectivity index (χ0n) is 11.5. The summed E-state index contributed by atoms with van der Waals surface area (Å²) in [5, 5.41) is 3.45. The van der Waals surface area contributed by atoms with Gasteiger partial charge in [-0.2, -0.15) is 0 Å². The molecule has 0 bridgehead atoms. The van der Waals surface area contributed by atoms with Gasteiger partial charge in [0.25, 0.3) is 0 Å². The van der Waals surface area contributed by atoms with Crippen LogP contribution < -0.4 is 5.32 Å². The first-order chi connectivity index (χ1) is 9.36. The van der Waals surface area contributed by atoms with Crippen LogP contribution in [0.25, 0.3) is 0 Å². The molecule has 0 radical (unpaired) electrons. The summed E-state index contributed by atoms with van der Waals surface area (Å²) in [4.78, 5) is 4.06. The molecule has 1 unspecified atom stereocenters. The SMILES string of the molecule is CNC(c1ccn(CCCn2ccnc2)c1)C1CC1. The van der Waals surface area contributed by atoms with Crippen LogP contribution >= 0.6 is 0 Å². The molecule has 19 heavy (non-hydrogen) atoms. The van der Waals surface area contributed by atoms with Crippen molar-refractivity contribution < 1.29 is 0 Å². The maximum absolute atomic E-state index is 4.06. The van der Waals surface area contributed by atoms with Crippen LogP contribution in [0.1, 0.15) is 30.9 Å². The fraction of sp³-hybridized carbons (Fsp3) is 0.533. The molecule has 1 fully saturated rings. The van der Waals surface area contributed by atoms with E-state index < -0.39 is 0 Å². The lowest BCUT2D eigenvalue weighted by molar-refractivity contribution is 0.524. The number of nitrogens with zero attached hydrogens (tertiary/aromatic N) is 3. The van der Waals surface area contributed by atoms with Gasteiger partial charge in [0.15, 0.2) is 0 Å². The predicted molar refractivity (Wildman–Crippen MR) is 75.8 cm³/mol. The normalized spacial score (nSPS) is 16.7. The molecule has 4 nitrogen and oxygen atoms in total. The van der Waals surface area contributed by atoms with E-state index >= 15 is 0 Å². The van der Waals surface area contributed by atoms with Gasteiger partial charge in [0.05, 0.1) is 6.33 Å². The topological polar surface area (TPSA) is 34.8 Å². The van der Waals surface area contributed by atoms with Gasteiger partial charge in [0, 0.05) is 43.9 Å². The second-order valence-electron chi connectivity index (χ2n) is 5.44. The summed E-state index contributed by atoms with van der Waals surface area (Å²) in [6, 6.07) is 2.81. The minimum absolute atomic E-state index is 0.551. The molecule has 102 valence electrons. The summed E-state index contributed by atoms with van der Waals surface area (Å²) < 4.78 is 4.43. The second kappa shape index (κ2) is 5.61. The third-order valence-electron chi connectivity index (χ3n) is 3.93. The number of aryl methyl sites for hydroxylation is 2. The van der Waals surface area contributed by atoms with Crippen LogP contribution in [0.4, 0.5) is 0 Å². The molecule has 0 saturated heterocycles. The van der Waals surface area contributed by atoms with Crippen molar-refractivity contribution in [1.82, 2.24) is 19.4 Å². The first kappa shape index (κ1) is 12.5. The van der Waals surface area contributed by atoms with Crippen molar-refractivity contribution in [2.45, 2.75) is 38.4 Å². The monoisotopic (exact) mass is 258 g/mol. The van der Waals surface area contributed by atoms with Gasteiger partial charge in [-0.15, -0.1) is 0 Å². The van der Waals surface area contributed by atoms with Gasteiger partial charge in [-0.1, -0.05) is 0 Å². The van der Waals surface area contributed by atoms with E-state index in [1.165, 1.54) is 18.4 Å². The summed E-state index contributed by atoms with van der Waals surface area (Å²) in [7, 11) is 2.07. The van der Waals surface area contributed by atoms with E-state index in [-0.39, 0.29) is 0 Å². The molecule has 2 aromatic heterocycles. The molecule has 3 rings (SSSR count). The fourth-order valence-electron chi connectivity index (χ4n) is 2.74. The van der Waals surface area contributed by atoms with Crippen LogP contribution in [0.15, 0.2) is 37.2 Å². The summed E-state index contributed by atoms with van der Waals surface area (Å²) in [5.74, 6) is 0.854.